The number of hydrogen-bond acceptors (Lipinski definition) is 7. The van der Waals surface area contributed by atoms with Crippen molar-refractivity contribution in [2.24, 2.45) is 0 Å². The van der Waals surface area contributed by atoms with Gasteiger partial charge < -0.3 is 15.0 Å². The molecular formula is C22H26N4O4S2. The number of amides is 1. The lowest BCUT2D eigenvalue weighted by Gasteiger charge is -2.28. The van der Waals surface area contributed by atoms with Crippen molar-refractivity contribution in [1.82, 2.24) is 9.29 Å². The standard InChI is InChI=1S/C22H26N4O4S2/c1-3-25(4-2)20-8-6-17(32(28,29)26-9-11-30-12-10-26)14-19(20)24-22(27)16-5-7-18-21(13-16)31-15-23-18/h5-8,13-15H,3-4,9-12H2,1-2H3,(H,24,27). The van der Waals surface area contributed by atoms with Crippen molar-refractivity contribution in [2.45, 2.75) is 18.7 Å². The molecule has 0 aliphatic carbocycles. The van der Waals surface area contributed by atoms with Crippen LogP contribution in [0, 0.1) is 0 Å². The van der Waals surface area contributed by atoms with Crippen LogP contribution < -0.4 is 10.2 Å². The number of morpholine rings is 1. The molecule has 0 radical (unpaired) electrons. The van der Waals surface area contributed by atoms with Crippen molar-refractivity contribution < 1.29 is 17.9 Å². The lowest BCUT2D eigenvalue weighted by Crippen LogP contribution is -2.40. The summed E-state index contributed by atoms with van der Waals surface area (Å²) in [5.74, 6) is -0.297. The Morgan fingerprint density at radius 1 is 1.16 bits per heavy atom. The van der Waals surface area contributed by atoms with Crippen LogP contribution in [-0.2, 0) is 14.8 Å². The third kappa shape index (κ3) is 4.49. The summed E-state index contributed by atoms with van der Waals surface area (Å²) >= 11 is 1.47. The molecule has 0 spiro atoms. The maximum absolute atomic E-state index is 13.2. The number of sulfonamides is 1. The molecule has 0 saturated carbocycles. The van der Waals surface area contributed by atoms with Crippen LogP contribution in [0.1, 0.15) is 24.2 Å². The van der Waals surface area contributed by atoms with Crippen LogP contribution in [-0.4, -0.2) is 63.0 Å². The van der Waals surface area contributed by atoms with Crippen molar-refractivity contribution in [3.8, 4) is 0 Å². The van der Waals surface area contributed by atoms with E-state index in [0.29, 0.717) is 37.6 Å². The van der Waals surface area contributed by atoms with Crippen LogP contribution in [0.3, 0.4) is 0 Å². The van der Waals surface area contributed by atoms with Crippen LogP contribution in [0.4, 0.5) is 11.4 Å². The number of thiazole rings is 1. The van der Waals surface area contributed by atoms with Gasteiger partial charge in [-0.1, -0.05) is 0 Å². The predicted molar refractivity (Wildman–Crippen MR) is 127 cm³/mol. The first kappa shape index (κ1) is 22.7. The average Bonchev–Trinajstić information content (AvgIpc) is 3.29. The fourth-order valence-corrected chi connectivity index (χ4v) is 5.89. The third-order valence-corrected chi connectivity index (χ3v) is 8.21. The first-order valence-electron chi connectivity index (χ1n) is 10.6. The highest BCUT2D eigenvalue weighted by Crippen LogP contribution is 2.31. The molecule has 1 N–H and O–H groups in total. The van der Waals surface area contributed by atoms with Crippen LogP contribution >= 0.6 is 11.3 Å². The number of nitrogens with one attached hydrogen (secondary N) is 1. The van der Waals surface area contributed by atoms with Crippen LogP contribution in [0.25, 0.3) is 10.2 Å². The largest absolute Gasteiger partial charge is 0.379 e. The van der Waals surface area contributed by atoms with Gasteiger partial charge in [0.05, 0.1) is 45.2 Å². The Morgan fingerprint density at radius 3 is 2.62 bits per heavy atom. The maximum Gasteiger partial charge on any atom is 0.255 e. The predicted octanol–water partition coefficient (Wildman–Crippen LogP) is 3.42. The van der Waals surface area contributed by atoms with E-state index in [-0.39, 0.29) is 10.8 Å². The minimum absolute atomic E-state index is 0.156. The topological polar surface area (TPSA) is 91.8 Å². The SMILES string of the molecule is CCN(CC)c1ccc(S(=O)(=O)N2CCOCC2)cc1NC(=O)c1ccc2ncsc2c1. The molecule has 10 heteroatoms. The number of hydrogen-bond donors (Lipinski definition) is 1. The number of benzene rings is 2. The molecule has 8 nitrogen and oxygen atoms in total. The van der Waals surface area contributed by atoms with E-state index in [9.17, 15) is 13.2 Å². The molecule has 4 rings (SSSR count). The number of anilines is 2. The van der Waals surface area contributed by atoms with Crippen molar-refractivity contribution in [3.05, 3.63) is 47.5 Å². The molecular weight excluding hydrogens is 448 g/mol. The summed E-state index contributed by atoms with van der Waals surface area (Å²) in [6.07, 6.45) is 0. The van der Waals surface area contributed by atoms with Gasteiger partial charge in [0.1, 0.15) is 0 Å². The van der Waals surface area contributed by atoms with E-state index in [1.165, 1.54) is 15.6 Å². The normalized spacial score (nSPS) is 15.1. The monoisotopic (exact) mass is 474 g/mol. The van der Waals surface area contributed by atoms with Gasteiger partial charge in [-0.25, -0.2) is 13.4 Å². The van der Waals surface area contributed by atoms with Gasteiger partial charge in [-0.15, -0.1) is 11.3 Å². The first-order valence-corrected chi connectivity index (χ1v) is 12.9. The molecule has 1 amide bonds. The second kappa shape index (κ2) is 9.53. The Balaban J connectivity index is 1.70. The number of ether oxygens (including phenoxy) is 1. The number of nitrogens with zero attached hydrogens (tertiary/aromatic N) is 3. The van der Waals surface area contributed by atoms with Gasteiger partial charge in [0.15, 0.2) is 0 Å². The van der Waals surface area contributed by atoms with Crippen molar-refractivity contribution >= 4 is 48.9 Å². The molecule has 1 saturated heterocycles. The van der Waals surface area contributed by atoms with Crippen LogP contribution in [0.15, 0.2) is 46.8 Å². The number of rotatable bonds is 7. The highest BCUT2D eigenvalue weighted by molar-refractivity contribution is 7.89. The smallest absolute Gasteiger partial charge is 0.255 e. The van der Waals surface area contributed by atoms with Gasteiger partial charge >= 0.3 is 0 Å². The molecule has 3 aromatic rings. The van der Waals surface area contributed by atoms with Gasteiger partial charge in [-0.3, -0.25) is 4.79 Å². The molecule has 1 aliphatic rings. The summed E-state index contributed by atoms with van der Waals surface area (Å²) in [5, 5.41) is 2.94. The average molecular weight is 475 g/mol. The van der Waals surface area contributed by atoms with Crippen LogP contribution in [0.2, 0.25) is 0 Å². The van der Waals surface area contributed by atoms with Crippen molar-refractivity contribution in [3.63, 3.8) is 0 Å². The molecule has 32 heavy (non-hydrogen) atoms. The number of aromatic nitrogens is 1. The summed E-state index contributed by atoms with van der Waals surface area (Å²) in [5.41, 5.74) is 4.33. The van der Waals surface area contributed by atoms with Crippen LogP contribution in [0.5, 0.6) is 0 Å². The second-order valence-electron chi connectivity index (χ2n) is 7.36. The van der Waals surface area contributed by atoms with E-state index in [4.69, 9.17) is 4.74 Å². The number of fused-ring (bicyclic) bond motifs is 1. The van der Waals surface area contributed by atoms with Gasteiger partial charge in [0.2, 0.25) is 10.0 Å². The quantitative estimate of drug-likeness (QED) is 0.564. The highest BCUT2D eigenvalue weighted by Gasteiger charge is 2.27. The zero-order chi connectivity index (χ0) is 22.7. The summed E-state index contributed by atoms with van der Waals surface area (Å²) < 4.78 is 34.0. The molecule has 1 aliphatic heterocycles. The lowest BCUT2D eigenvalue weighted by atomic mass is 10.2. The Morgan fingerprint density at radius 2 is 1.91 bits per heavy atom. The molecule has 170 valence electrons. The fraction of sp³-hybridized carbons (Fsp3) is 0.364. The summed E-state index contributed by atoms with van der Waals surface area (Å²) in [6, 6.07) is 10.3. The molecule has 2 heterocycles. The highest BCUT2D eigenvalue weighted by atomic mass is 32.2. The molecule has 0 unspecified atom stereocenters. The molecule has 0 atom stereocenters. The Bertz CT molecular complexity index is 1220. The van der Waals surface area contributed by atoms with Gasteiger partial charge in [-0.2, -0.15) is 4.31 Å². The third-order valence-electron chi connectivity index (χ3n) is 5.52. The van der Waals surface area contributed by atoms with Crippen molar-refractivity contribution in [2.75, 3.05) is 49.6 Å². The molecule has 0 bridgehead atoms. The number of carbonyl (C=O) groups is 1. The maximum atomic E-state index is 13.2. The van der Waals surface area contributed by atoms with E-state index < -0.39 is 10.0 Å². The summed E-state index contributed by atoms with van der Waals surface area (Å²) in [6.45, 7) is 6.87. The van der Waals surface area contributed by atoms with E-state index in [1.807, 2.05) is 19.9 Å². The fourth-order valence-electron chi connectivity index (χ4n) is 3.74. The van der Waals surface area contributed by atoms with E-state index in [2.05, 4.69) is 15.2 Å². The molecule has 1 aromatic heterocycles. The molecule has 1 fully saturated rings. The van der Waals surface area contributed by atoms with Gasteiger partial charge in [0, 0.05) is 31.7 Å². The summed E-state index contributed by atoms with van der Waals surface area (Å²) in [4.78, 5) is 19.6. The zero-order valence-electron chi connectivity index (χ0n) is 18.1. The minimum Gasteiger partial charge on any atom is -0.379 e. The van der Waals surface area contributed by atoms with E-state index in [0.717, 1.165) is 29.0 Å². The van der Waals surface area contributed by atoms with E-state index in [1.54, 1.807) is 35.8 Å². The Labute approximate surface area is 191 Å². The Kier molecular flexibility index (Phi) is 6.75. The minimum atomic E-state index is -3.69. The number of carbonyl (C=O) groups excluding carboxylic acids is 1. The second-order valence-corrected chi connectivity index (χ2v) is 10.2. The van der Waals surface area contributed by atoms with E-state index >= 15 is 0 Å². The lowest BCUT2D eigenvalue weighted by molar-refractivity contribution is 0.0730. The van der Waals surface area contributed by atoms with Gasteiger partial charge in [-0.05, 0) is 50.2 Å². The molecule has 2 aromatic carbocycles. The zero-order valence-corrected chi connectivity index (χ0v) is 19.7. The Hall–Kier alpha value is -2.53. The first-order chi connectivity index (χ1) is 15.4. The van der Waals surface area contributed by atoms with Gasteiger partial charge in [0.25, 0.3) is 5.91 Å². The summed E-state index contributed by atoms with van der Waals surface area (Å²) in [7, 11) is -3.69. The van der Waals surface area contributed by atoms with Crippen molar-refractivity contribution in [1.29, 1.82) is 0 Å².